The molecule has 6 heteroatoms. The van der Waals surface area contributed by atoms with E-state index in [1.807, 2.05) is 0 Å². The summed E-state index contributed by atoms with van der Waals surface area (Å²) in [5.74, 6) is 2.25. The molecular formula is C13H10ClNO4. The average Bonchev–Trinajstić information content (AvgIpc) is 2.88. The zero-order valence-electron chi connectivity index (χ0n) is 9.80. The molecule has 1 aromatic carbocycles. The van der Waals surface area contributed by atoms with Crippen molar-refractivity contribution in [2.75, 3.05) is 6.79 Å². The number of fused-ring (bicyclic) bond motifs is 1. The molecule has 0 amide bonds. The van der Waals surface area contributed by atoms with E-state index in [1.165, 1.54) is 0 Å². The van der Waals surface area contributed by atoms with Gasteiger partial charge in [0.05, 0.1) is 17.3 Å². The summed E-state index contributed by atoms with van der Waals surface area (Å²) in [4.78, 5) is 4.10. The van der Waals surface area contributed by atoms with Crippen molar-refractivity contribution in [1.29, 1.82) is 0 Å². The highest BCUT2D eigenvalue weighted by Crippen LogP contribution is 2.36. The molecule has 0 bridgehead atoms. The standard InChI is InChI=1S/C13H10ClNO4/c14-9-2-4-13(15-10(9)6-16)19-8-1-3-11-12(5-8)18-7-17-11/h1-5,16H,6-7H2. The summed E-state index contributed by atoms with van der Waals surface area (Å²) >= 11 is 5.86. The van der Waals surface area contributed by atoms with E-state index >= 15 is 0 Å². The molecule has 1 aliphatic rings. The van der Waals surface area contributed by atoms with Crippen LogP contribution in [0.5, 0.6) is 23.1 Å². The first-order chi connectivity index (χ1) is 9.26. The van der Waals surface area contributed by atoms with E-state index in [1.54, 1.807) is 30.3 Å². The van der Waals surface area contributed by atoms with E-state index in [4.69, 9.17) is 30.9 Å². The van der Waals surface area contributed by atoms with Gasteiger partial charge in [-0.1, -0.05) is 11.6 Å². The van der Waals surface area contributed by atoms with Crippen LogP contribution < -0.4 is 14.2 Å². The fourth-order valence-corrected chi connectivity index (χ4v) is 1.86. The average molecular weight is 280 g/mol. The van der Waals surface area contributed by atoms with Crippen molar-refractivity contribution >= 4 is 11.6 Å². The lowest BCUT2D eigenvalue weighted by Crippen LogP contribution is -1.94. The molecule has 2 aromatic rings. The van der Waals surface area contributed by atoms with Crippen LogP contribution in [0.3, 0.4) is 0 Å². The lowest BCUT2D eigenvalue weighted by Gasteiger charge is -2.07. The number of hydrogen-bond acceptors (Lipinski definition) is 5. The van der Waals surface area contributed by atoms with E-state index in [0.717, 1.165) is 0 Å². The van der Waals surface area contributed by atoms with Crippen LogP contribution in [0.15, 0.2) is 30.3 Å². The van der Waals surface area contributed by atoms with Crippen molar-refractivity contribution < 1.29 is 19.3 Å². The van der Waals surface area contributed by atoms with E-state index in [-0.39, 0.29) is 13.4 Å². The molecule has 0 atom stereocenters. The Morgan fingerprint density at radius 3 is 2.89 bits per heavy atom. The fraction of sp³-hybridized carbons (Fsp3) is 0.154. The van der Waals surface area contributed by atoms with Gasteiger partial charge < -0.3 is 19.3 Å². The number of rotatable bonds is 3. The molecule has 3 rings (SSSR count). The Bertz CT molecular complexity index is 609. The lowest BCUT2D eigenvalue weighted by molar-refractivity contribution is 0.174. The smallest absolute Gasteiger partial charge is 0.231 e. The SMILES string of the molecule is OCc1nc(Oc2ccc3c(c2)OCO3)ccc1Cl. The van der Waals surface area contributed by atoms with E-state index in [2.05, 4.69) is 4.98 Å². The summed E-state index contributed by atoms with van der Waals surface area (Å²) in [5, 5.41) is 9.50. The molecule has 19 heavy (non-hydrogen) atoms. The van der Waals surface area contributed by atoms with Crippen LogP contribution >= 0.6 is 11.6 Å². The normalized spacial score (nSPS) is 12.5. The number of benzene rings is 1. The van der Waals surface area contributed by atoms with Crippen molar-refractivity contribution in [3.63, 3.8) is 0 Å². The summed E-state index contributed by atoms with van der Waals surface area (Å²) in [6, 6.07) is 8.49. The first-order valence-corrected chi connectivity index (χ1v) is 5.98. The second-order valence-corrected chi connectivity index (χ2v) is 4.26. The molecule has 1 aliphatic heterocycles. The first-order valence-electron chi connectivity index (χ1n) is 5.60. The monoisotopic (exact) mass is 279 g/mol. The summed E-state index contributed by atoms with van der Waals surface area (Å²) in [6.45, 7) is -0.0240. The van der Waals surface area contributed by atoms with Gasteiger partial charge >= 0.3 is 0 Å². The molecule has 1 N–H and O–H groups in total. The lowest BCUT2D eigenvalue weighted by atomic mass is 10.3. The number of halogens is 1. The molecule has 0 aliphatic carbocycles. The van der Waals surface area contributed by atoms with Crippen molar-refractivity contribution in [3.8, 4) is 23.1 Å². The summed E-state index contributed by atoms with van der Waals surface area (Å²) < 4.78 is 16.1. The summed E-state index contributed by atoms with van der Waals surface area (Å²) in [6.07, 6.45) is 0. The number of aliphatic hydroxyl groups excluding tert-OH is 1. The van der Waals surface area contributed by atoms with Crippen LogP contribution in [-0.2, 0) is 6.61 Å². The molecule has 2 heterocycles. The molecule has 0 saturated heterocycles. The molecule has 1 aromatic heterocycles. The second-order valence-electron chi connectivity index (χ2n) is 3.85. The van der Waals surface area contributed by atoms with Gasteiger partial charge in [-0.2, -0.15) is 0 Å². The minimum atomic E-state index is -0.239. The predicted molar refractivity (Wildman–Crippen MR) is 67.8 cm³/mol. The number of hydrogen-bond donors (Lipinski definition) is 1. The van der Waals surface area contributed by atoms with Gasteiger partial charge in [-0.05, 0) is 18.2 Å². The van der Waals surface area contributed by atoms with Gasteiger partial charge in [0, 0.05) is 12.1 Å². The molecule has 0 spiro atoms. The van der Waals surface area contributed by atoms with Gasteiger partial charge in [-0.15, -0.1) is 0 Å². The zero-order chi connectivity index (χ0) is 13.2. The minimum absolute atomic E-state index is 0.215. The van der Waals surface area contributed by atoms with Crippen LogP contribution in [0.25, 0.3) is 0 Å². The highest BCUT2D eigenvalue weighted by atomic mass is 35.5. The van der Waals surface area contributed by atoms with Crippen molar-refractivity contribution in [1.82, 2.24) is 4.98 Å². The van der Waals surface area contributed by atoms with Crippen molar-refractivity contribution in [3.05, 3.63) is 41.0 Å². The number of aliphatic hydroxyl groups is 1. The van der Waals surface area contributed by atoms with E-state index in [0.29, 0.717) is 33.8 Å². The Morgan fingerprint density at radius 1 is 1.21 bits per heavy atom. The maximum absolute atomic E-state index is 9.10. The first kappa shape index (κ1) is 12.1. The molecule has 5 nitrogen and oxygen atoms in total. The number of pyridine rings is 1. The fourth-order valence-electron chi connectivity index (χ4n) is 1.69. The molecule has 0 saturated carbocycles. The zero-order valence-corrected chi connectivity index (χ0v) is 10.6. The quantitative estimate of drug-likeness (QED) is 0.936. The summed E-state index contributed by atoms with van der Waals surface area (Å²) in [7, 11) is 0. The Labute approximate surface area is 114 Å². The van der Waals surface area contributed by atoms with Crippen LogP contribution in [0.1, 0.15) is 5.69 Å². The third-order valence-electron chi connectivity index (χ3n) is 2.61. The maximum atomic E-state index is 9.10. The third kappa shape index (κ3) is 2.43. The number of ether oxygens (including phenoxy) is 3. The van der Waals surface area contributed by atoms with Gasteiger partial charge in [0.15, 0.2) is 11.5 Å². The Kier molecular flexibility index (Phi) is 3.15. The van der Waals surface area contributed by atoms with Crippen LogP contribution in [0.2, 0.25) is 5.02 Å². The number of aromatic nitrogens is 1. The van der Waals surface area contributed by atoms with Gasteiger partial charge in [0.2, 0.25) is 12.7 Å². The van der Waals surface area contributed by atoms with Crippen LogP contribution in [0, 0.1) is 0 Å². The Hall–Kier alpha value is -1.98. The van der Waals surface area contributed by atoms with E-state index in [9.17, 15) is 0 Å². The highest BCUT2D eigenvalue weighted by molar-refractivity contribution is 6.31. The third-order valence-corrected chi connectivity index (χ3v) is 2.95. The summed E-state index contributed by atoms with van der Waals surface area (Å²) in [5.41, 5.74) is 0.375. The van der Waals surface area contributed by atoms with Gasteiger partial charge in [0.25, 0.3) is 0 Å². The molecular weight excluding hydrogens is 270 g/mol. The second kappa shape index (κ2) is 4.95. The largest absolute Gasteiger partial charge is 0.454 e. The predicted octanol–water partition coefficient (Wildman–Crippen LogP) is 2.75. The maximum Gasteiger partial charge on any atom is 0.231 e. The van der Waals surface area contributed by atoms with Gasteiger partial charge in [0.1, 0.15) is 5.75 Å². The number of nitrogens with zero attached hydrogens (tertiary/aromatic N) is 1. The topological polar surface area (TPSA) is 60.8 Å². The van der Waals surface area contributed by atoms with Gasteiger partial charge in [-0.25, -0.2) is 4.98 Å². The Balaban J connectivity index is 1.85. The minimum Gasteiger partial charge on any atom is -0.454 e. The Morgan fingerprint density at radius 2 is 2.05 bits per heavy atom. The molecule has 0 unspecified atom stereocenters. The van der Waals surface area contributed by atoms with Crippen LogP contribution in [0.4, 0.5) is 0 Å². The highest BCUT2D eigenvalue weighted by Gasteiger charge is 2.14. The van der Waals surface area contributed by atoms with Gasteiger partial charge in [-0.3, -0.25) is 0 Å². The molecule has 98 valence electrons. The molecule has 0 radical (unpaired) electrons. The molecule has 0 fully saturated rings. The van der Waals surface area contributed by atoms with Crippen molar-refractivity contribution in [2.45, 2.75) is 6.61 Å². The van der Waals surface area contributed by atoms with E-state index < -0.39 is 0 Å². The van der Waals surface area contributed by atoms with Crippen molar-refractivity contribution in [2.24, 2.45) is 0 Å². The van der Waals surface area contributed by atoms with Crippen LogP contribution in [-0.4, -0.2) is 16.9 Å².